The number of halogens is 3. The first-order valence-corrected chi connectivity index (χ1v) is 7.41. The van der Waals surface area contributed by atoms with E-state index in [1.807, 2.05) is 0 Å². The van der Waals surface area contributed by atoms with Crippen LogP contribution in [0.15, 0.2) is 17.6 Å². The summed E-state index contributed by atoms with van der Waals surface area (Å²) >= 11 is 17.4. The number of hydrogen-bond donors (Lipinski definition) is 1. The highest BCUT2D eigenvalue weighted by Gasteiger charge is 2.22. The lowest BCUT2D eigenvalue weighted by Gasteiger charge is -2.12. The van der Waals surface area contributed by atoms with Crippen molar-refractivity contribution in [3.05, 3.63) is 32.7 Å². The van der Waals surface area contributed by atoms with Gasteiger partial charge in [0.2, 0.25) is 0 Å². The topological polar surface area (TPSA) is 59.1 Å². The molecule has 1 atom stereocenters. The van der Waals surface area contributed by atoms with Crippen LogP contribution in [-0.4, -0.2) is 25.2 Å². The number of rotatable bonds is 2. The number of nitrogens with one attached hydrogen (secondary N) is 1. The molecule has 0 aromatic carbocycles. The Morgan fingerprint density at radius 2 is 2.00 bits per heavy atom. The van der Waals surface area contributed by atoms with Gasteiger partial charge in [0.05, 0.1) is 21.8 Å². The van der Waals surface area contributed by atoms with E-state index < -0.39 is 9.84 Å². The van der Waals surface area contributed by atoms with Gasteiger partial charge >= 0.3 is 0 Å². The lowest BCUT2D eigenvalue weighted by Crippen LogP contribution is -2.21. The standard InChI is InChI=1S/C9H7Cl3N2O2S/c10-6-3-7(11)9(14-8(6)12)13-5-1-2-17(15,16)4-5/h1-3,5H,4H2,(H,13,14). The molecule has 1 aromatic heterocycles. The highest BCUT2D eigenvalue weighted by atomic mass is 35.5. The van der Waals surface area contributed by atoms with E-state index in [0.717, 1.165) is 5.41 Å². The fraction of sp³-hybridized carbons (Fsp3) is 0.222. The molecule has 92 valence electrons. The third kappa shape index (κ3) is 3.04. The third-order valence-corrected chi connectivity index (χ3v) is 4.50. The molecule has 0 fully saturated rings. The summed E-state index contributed by atoms with van der Waals surface area (Å²) in [5.74, 6) is 0.290. The van der Waals surface area contributed by atoms with Crippen LogP contribution in [0.25, 0.3) is 0 Å². The first kappa shape index (κ1) is 13.0. The molecule has 0 radical (unpaired) electrons. The number of pyridine rings is 1. The second kappa shape index (κ2) is 4.65. The lowest BCUT2D eigenvalue weighted by molar-refractivity contribution is 0.605. The van der Waals surface area contributed by atoms with Crippen molar-refractivity contribution in [3.8, 4) is 0 Å². The molecule has 1 N–H and O–H groups in total. The van der Waals surface area contributed by atoms with Crippen LogP contribution in [0.4, 0.5) is 5.82 Å². The van der Waals surface area contributed by atoms with Crippen LogP contribution in [0.2, 0.25) is 15.2 Å². The first-order chi connectivity index (χ1) is 7.87. The van der Waals surface area contributed by atoms with Crippen LogP contribution in [-0.2, 0) is 9.84 Å². The Morgan fingerprint density at radius 3 is 2.59 bits per heavy atom. The minimum Gasteiger partial charge on any atom is -0.362 e. The van der Waals surface area contributed by atoms with E-state index >= 15 is 0 Å². The van der Waals surface area contributed by atoms with Gasteiger partial charge in [-0.3, -0.25) is 0 Å². The summed E-state index contributed by atoms with van der Waals surface area (Å²) in [6.45, 7) is 0. The second-order valence-electron chi connectivity index (χ2n) is 3.50. The summed E-state index contributed by atoms with van der Waals surface area (Å²) in [7, 11) is -3.12. The van der Waals surface area contributed by atoms with Gasteiger partial charge in [0.25, 0.3) is 0 Å². The number of anilines is 1. The number of nitrogens with zero attached hydrogens (tertiary/aromatic N) is 1. The van der Waals surface area contributed by atoms with Crippen LogP contribution in [0.1, 0.15) is 0 Å². The minimum atomic E-state index is -3.12. The molecule has 0 saturated heterocycles. The molecule has 1 aliphatic rings. The van der Waals surface area contributed by atoms with Crippen LogP contribution < -0.4 is 5.32 Å². The van der Waals surface area contributed by atoms with E-state index in [1.165, 1.54) is 12.1 Å². The van der Waals surface area contributed by atoms with Crippen molar-refractivity contribution in [2.75, 3.05) is 11.1 Å². The molecular weight excluding hydrogens is 307 g/mol. The van der Waals surface area contributed by atoms with E-state index in [9.17, 15) is 8.42 Å². The Labute approximate surface area is 114 Å². The Hall–Kier alpha value is -0.490. The van der Waals surface area contributed by atoms with Gasteiger partial charge in [0.15, 0.2) is 9.84 Å². The molecule has 2 heterocycles. The van der Waals surface area contributed by atoms with Crippen molar-refractivity contribution in [3.63, 3.8) is 0 Å². The molecule has 0 aliphatic carbocycles. The fourth-order valence-corrected chi connectivity index (χ4v) is 3.17. The van der Waals surface area contributed by atoms with Gasteiger partial charge in [-0.1, -0.05) is 34.8 Å². The van der Waals surface area contributed by atoms with Crippen molar-refractivity contribution >= 4 is 50.5 Å². The summed E-state index contributed by atoms with van der Waals surface area (Å²) in [5.41, 5.74) is 0. The van der Waals surface area contributed by atoms with E-state index in [1.54, 1.807) is 0 Å². The van der Waals surface area contributed by atoms with Crippen molar-refractivity contribution < 1.29 is 8.42 Å². The SMILES string of the molecule is O=S1(=O)C=CC(Nc2nc(Cl)c(Cl)cc2Cl)C1. The Kier molecular flexibility index (Phi) is 3.54. The Morgan fingerprint density at radius 1 is 1.29 bits per heavy atom. The number of aromatic nitrogens is 1. The molecule has 17 heavy (non-hydrogen) atoms. The van der Waals surface area contributed by atoms with Gasteiger partial charge < -0.3 is 5.32 Å². The summed E-state index contributed by atoms with van der Waals surface area (Å²) in [6.07, 6.45) is 1.54. The van der Waals surface area contributed by atoms with Crippen LogP contribution >= 0.6 is 34.8 Å². The molecule has 2 rings (SSSR count). The monoisotopic (exact) mass is 312 g/mol. The molecule has 1 unspecified atom stereocenters. The highest BCUT2D eigenvalue weighted by molar-refractivity contribution is 7.94. The van der Waals surface area contributed by atoms with Crippen LogP contribution in [0, 0.1) is 0 Å². The van der Waals surface area contributed by atoms with Gasteiger partial charge in [-0.15, -0.1) is 0 Å². The zero-order chi connectivity index (χ0) is 12.6. The van der Waals surface area contributed by atoms with Gasteiger partial charge in [-0.2, -0.15) is 0 Å². The second-order valence-corrected chi connectivity index (χ2v) is 6.60. The average molecular weight is 314 g/mol. The van der Waals surface area contributed by atoms with E-state index in [0.29, 0.717) is 5.82 Å². The Bertz CT molecular complexity index is 586. The van der Waals surface area contributed by atoms with Crippen molar-refractivity contribution in [1.29, 1.82) is 0 Å². The summed E-state index contributed by atoms with van der Waals surface area (Å²) in [5, 5.41) is 4.69. The fourth-order valence-electron chi connectivity index (χ4n) is 1.39. The molecule has 0 amide bonds. The predicted molar refractivity (Wildman–Crippen MR) is 69.6 cm³/mol. The van der Waals surface area contributed by atoms with E-state index in [-0.39, 0.29) is 27.0 Å². The lowest BCUT2D eigenvalue weighted by atomic mass is 10.3. The molecule has 1 aliphatic heterocycles. The van der Waals surface area contributed by atoms with Crippen LogP contribution in [0.5, 0.6) is 0 Å². The zero-order valence-corrected chi connectivity index (χ0v) is 11.4. The quantitative estimate of drug-likeness (QED) is 0.853. The molecule has 0 spiro atoms. The predicted octanol–water partition coefficient (Wildman–Crippen LogP) is 2.76. The van der Waals surface area contributed by atoms with Gasteiger partial charge in [0, 0.05) is 5.41 Å². The Balaban J connectivity index is 2.21. The summed E-state index contributed by atoms with van der Waals surface area (Å²) < 4.78 is 22.4. The normalized spacial score (nSPS) is 21.7. The van der Waals surface area contributed by atoms with E-state index in [2.05, 4.69) is 10.3 Å². The molecular formula is C9H7Cl3N2O2S. The zero-order valence-electron chi connectivity index (χ0n) is 8.32. The van der Waals surface area contributed by atoms with Gasteiger partial charge in [0.1, 0.15) is 11.0 Å². The minimum absolute atomic E-state index is 0.0226. The van der Waals surface area contributed by atoms with Crippen molar-refractivity contribution in [2.24, 2.45) is 0 Å². The first-order valence-electron chi connectivity index (χ1n) is 4.56. The van der Waals surface area contributed by atoms with Gasteiger partial charge in [-0.25, -0.2) is 13.4 Å². The smallest absolute Gasteiger partial charge is 0.173 e. The third-order valence-electron chi connectivity index (χ3n) is 2.14. The molecule has 0 saturated carbocycles. The number of sulfone groups is 1. The molecule has 8 heteroatoms. The van der Waals surface area contributed by atoms with Crippen LogP contribution in [0.3, 0.4) is 0 Å². The summed E-state index contributed by atoms with van der Waals surface area (Å²) in [4.78, 5) is 3.95. The highest BCUT2D eigenvalue weighted by Crippen LogP contribution is 2.29. The largest absolute Gasteiger partial charge is 0.362 e. The summed E-state index contributed by atoms with van der Waals surface area (Å²) in [6, 6.07) is 1.09. The van der Waals surface area contributed by atoms with E-state index in [4.69, 9.17) is 34.8 Å². The molecule has 0 bridgehead atoms. The average Bonchev–Trinajstić information content (AvgIpc) is 2.54. The number of hydrogen-bond acceptors (Lipinski definition) is 4. The maximum Gasteiger partial charge on any atom is 0.173 e. The maximum absolute atomic E-state index is 11.2. The molecule has 1 aromatic rings. The van der Waals surface area contributed by atoms with Crippen molar-refractivity contribution in [1.82, 2.24) is 4.98 Å². The maximum atomic E-state index is 11.2. The molecule has 4 nitrogen and oxygen atoms in total. The van der Waals surface area contributed by atoms with Crippen molar-refractivity contribution in [2.45, 2.75) is 6.04 Å². The van der Waals surface area contributed by atoms with Gasteiger partial charge in [-0.05, 0) is 12.1 Å².